The number of nitrogens with zero attached hydrogens (tertiary/aromatic N) is 2. The molecule has 2 aromatic heterocycles. The molecule has 4 nitrogen and oxygen atoms in total. The third kappa shape index (κ3) is 3.58. The van der Waals surface area contributed by atoms with Crippen molar-refractivity contribution in [1.82, 2.24) is 14.9 Å². The highest BCUT2D eigenvalue weighted by atomic mass is 19.1. The molecule has 0 aliphatic heterocycles. The fraction of sp³-hybridized carbons (Fsp3) is 0.261. The second-order valence-electron chi connectivity index (χ2n) is 6.79. The highest BCUT2D eigenvalue weighted by molar-refractivity contribution is 6.07. The van der Waals surface area contributed by atoms with Gasteiger partial charge in [-0.2, -0.15) is 0 Å². The minimum Gasteiger partial charge on any atom is -0.476 e. The van der Waals surface area contributed by atoms with E-state index in [9.17, 15) is 4.39 Å². The summed E-state index contributed by atoms with van der Waals surface area (Å²) in [6, 6.07) is 16.5. The molecule has 0 radical (unpaired) electrons. The van der Waals surface area contributed by atoms with Gasteiger partial charge in [0.1, 0.15) is 12.4 Å². The minimum absolute atomic E-state index is 0.243. The van der Waals surface area contributed by atoms with Crippen LogP contribution in [-0.2, 0) is 0 Å². The number of ether oxygens (including phenoxy) is 1. The molecule has 0 atom stereocenters. The Morgan fingerprint density at radius 3 is 2.50 bits per heavy atom. The lowest BCUT2D eigenvalue weighted by atomic mass is 10.1. The molecule has 0 aliphatic rings. The van der Waals surface area contributed by atoms with Gasteiger partial charge in [-0.05, 0) is 55.1 Å². The Morgan fingerprint density at radius 1 is 1.00 bits per heavy atom. The number of H-pyrrole nitrogens is 1. The van der Waals surface area contributed by atoms with Gasteiger partial charge in [0.15, 0.2) is 0 Å². The molecule has 2 aromatic carbocycles. The Kier molecular flexibility index (Phi) is 5.26. The number of pyridine rings is 1. The summed E-state index contributed by atoms with van der Waals surface area (Å²) in [5.41, 5.74) is 3.72. The number of likely N-dealkylation sites (N-methyl/N-ethyl adjacent to an activating group) is 1. The van der Waals surface area contributed by atoms with Crippen LogP contribution in [-0.4, -0.2) is 41.1 Å². The first-order chi connectivity index (χ1) is 13.7. The Balaban J connectivity index is 1.76. The highest BCUT2D eigenvalue weighted by Crippen LogP contribution is 2.34. The summed E-state index contributed by atoms with van der Waals surface area (Å²) in [6.45, 7) is 7.74. The lowest BCUT2D eigenvalue weighted by Crippen LogP contribution is -2.28. The first kappa shape index (κ1) is 18.4. The summed E-state index contributed by atoms with van der Waals surface area (Å²) in [5.74, 6) is 0.387. The van der Waals surface area contributed by atoms with Crippen molar-refractivity contribution in [3.8, 4) is 17.1 Å². The lowest BCUT2D eigenvalue weighted by Gasteiger charge is -2.18. The fourth-order valence-electron chi connectivity index (χ4n) is 3.49. The zero-order valence-electron chi connectivity index (χ0n) is 16.2. The molecule has 2 heterocycles. The Hall–Kier alpha value is -2.92. The van der Waals surface area contributed by atoms with Crippen LogP contribution in [0.3, 0.4) is 0 Å². The monoisotopic (exact) mass is 377 g/mol. The molecule has 0 saturated heterocycles. The quantitative estimate of drug-likeness (QED) is 0.479. The van der Waals surface area contributed by atoms with Crippen molar-refractivity contribution in [3.63, 3.8) is 0 Å². The third-order valence-electron chi connectivity index (χ3n) is 5.14. The molecular formula is C23H24FN3O. The Labute approximate surface area is 164 Å². The van der Waals surface area contributed by atoms with Crippen LogP contribution in [0.2, 0.25) is 0 Å². The zero-order valence-corrected chi connectivity index (χ0v) is 16.2. The summed E-state index contributed by atoms with van der Waals surface area (Å²) >= 11 is 0. The van der Waals surface area contributed by atoms with E-state index in [1.54, 1.807) is 12.1 Å². The van der Waals surface area contributed by atoms with E-state index in [1.165, 1.54) is 12.1 Å². The Bertz CT molecular complexity index is 1080. The van der Waals surface area contributed by atoms with Gasteiger partial charge in [0.25, 0.3) is 0 Å². The Morgan fingerprint density at radius 2 is 1.75 bits per heavy atom. The van der Waals surface area contributed by atoms with Gasteiger partial charge in [-0.15, -0.1) is 0 Å². The summed E-state index contributed by atoms with van der Waals surface area (Å²) < 4.78 is 19.4. The number of benzene rings is 2. The van der Waals surface area contributed by atoms with Gasteiger partial charge in [0.05, 0.1) is 16.4 Å². The number of fused-ring (bicyclic) bond motifs is 3. The van der Waals surface area contributed by atoms with Crippen molar-refractivity contribution in [2.24, 2.45) is 0 Å². The molecule has 0 amide bonds. The van der Waals surface area contributed by atoms with E-state index in [0.29, 0.717) is 12.5 Å². The molecule has 4 aromatic rings. The van der Waals surface area contributed by atoms with Crippen LogP contribution in [0, 0.1) is 5.82 Å². The van der Waals surface area contributed by atoms with E-state index in [1.807, 2.05) is 24.3 Å². The third-order valence-corrected chi connectivity index (χ3v) is 5.14. The SMILES string of the molecule is CCN(CC)CCOc1nc2ccccc2c2[nH]c(-c3ccc(F)cc3)cc12. The topological polar surface area (TPSA) is 41.1 Å². The van der Waals surface area contributed by atoms with E-state index in [4.69, 9.17) is 9.72 Å². The maximum absolute atomic E-state index is 13.3. The summed E-state index contributed by atoms with van der Waals surface area (Å²) in [7, 11) is 0. The van der Waals surface area contributed by atoms with Gasteiger partial charge in [-0.3, -0.25) is 0 Å². The smallest absolute Gasteiger partial charge is 0.223 e. The number of nitrogens with one attached hydrogen (secondary N) is 1. The van der Waals surface area contributed by atoms with Crippen LogP contribution in [0.4, 0.5) is 4.39 Å². The molecule has 0 bridgehead atoms. The predicted octanol–water partition coefficient (Wildman–Crippen LogP) is 5.24. The second-order valence-corrected chi connectivity index (χ2v) is 6.79. The molecule has 0 aliphatic carbocycles. The average molecular weight is 377 g/mol. The van der Waals surface area contributed by atoms with E-state index >= 15 is 0 Å². The highest BCUT2D eigenvalue weighted by Gasteiger charge is 2.14. The molecule has 144 valence electrons. The second kappa shape index (κ2) is 7.98. The van der Waals surface area contributed by atoms with Crippen LogP contribution < -0.4 is 4.74 Å². The first-order valence-corrected chi connectivity index (χ1v) is 9.72. The van der Waals surface area contributed by atoms with E-state index < -0.39 is 0 Å². The van der Waals surface area contributed by atoms with Gasteiger partial charge in [-0.25, -0.2) is 9.37 Å². The van der Waals surface area contributed by atoms with Crippen LogP contribution in [0.5, 0.6) is 5.88 Å². The number of aromatic amines is 1. The predicted molar refractivity (Wildman–Crippen MR) is 112 cm³/mol. The minimum atomic E-state index is -0.243. The van der Waals surface area contributed by atoms with Crippen LogP contribution in [0.25, 0.3) is 33.1 Å². The van der Waals surface area contributed by atoms with Gasteiger partial charge in [0, 0.05) is 17.6 Å². The summed E-state index contributed by atoms with van der Waals surface area (Å²) in [4.78, 5) is 10.6. The number of hydrogen-bond acceptors (Lipinski definition) is 3. The fourth-order valence-corrected chi connectivity index (χ4v) is 3.49. The molecule has 28 heavy (non-hydrogen) atoms. The van der Waals surface area contributed by atoms with Gasteiger partial charge < -0.3 is 14.6 Å². The molecular weight excluding hydrogens is 353 g/mol. The molecule has 0 unspecified atom stereocenters. The van der Waals surface area contributed by atoms with Crippen molar-refractivity contribution in [2.45, 2.75) is 13.8 Å². The maximum Gasteiger partial charge on any atom is 0.223 e. The summed E-state index contributed by atoms with van der Waals surface area (Å²) in [6.07, 6.45) is 0. The van der Waals surface area contributed by atoms with Crippen molar-refractivity contribution in [1.29, 1.82) is 0 Å². The van der Waals surface area contributed by atoms with Crippen LogP contribution in [0.1, 0.15) is 13.8 Å². The van der Waals surface area contributed by atoms with Gasteiger partial charge >= 0.3 is 0 Å². The van der Waals surface area contributed by atoms with Crippen molar-refractivity contribution < 1.29 is 9.13 Å². The number of rotatable bonds is 7. The van der Waals surface area contributed by atoms with E-state index in [2.05, 4.69) is 29.8 Å². The molecule has 0 fully saturated rings. The number of halogens is 1. The first-order valence-electron chi connectivity index (χ1n) is 9.72. The van der Waals surface area contributed by atoms with Crippen LogP contribution in [0.15, 0.2) is 54.6 Å². The normalized spacial score (nSPS) is 11.6. The van der Waals surface area contributed by atoms with Crippen LogP contribution >= 0.6 is 0 Å². The number of para-hydroxylation sites is 1. The van der Waals surface area contributed by atoms with Gasteiger partial charge in [0.2, 0.25) is 5.88 Å². The van der Waals surface area contributed by atoms with Crippen molar-refractivity contribution in [2.75, 3.05) is 26.2 Å². The molecule has 5 heteroatoms. The number of hydrogen-bond donors (Lipinski definition) is 1. The molecule has 1 N–H and O–H groups in total. The molecule has 4 rings (SSSR count). The standard InChI is InChI=1S/C23H24FN3O/c1-3-27(4-2)13-14-28-23-19-15-21(16-9-11-17(24)12-10-16)25-22(19)18-7-5-6-8-20(18)26-23/h5-12,15,25H,3-4,13-14H2,1-2H3. The van der Waals surface area contributed by atoms with Gasteiger partial charge in [-0.1, -0.05) is 32.0 Å². The van der Waals surface area contributed by atoms with Crippen molar-refractivity contribution in [3.05, 3.63) is 60.4 Å². The largest absolute Gasteiger partial charge is 0.476 e. The van der Waals surface area contributed by atoms with Crippen molar-refractivity contribution >= 4 is 21.8 Å². The number of aromatic nitrogens is 2. The zero-order chi connectivity index (χ0) is 19.5. The van der Waals surface area contributed by atoms with E-state index in [-0.39, 0.29) is 5.82 Å². The average Bonchev–Trinajstić information content (AvgIpc) is 3.17. The summed E-state index contributed by atoms with van der Waals surface area (Å²) in [5, 5.41) is 1.99. The molecule has 0 spiro atoms. The maximum atomic E-state index is 13.3. The molecule has 0 saturated carbocycles. The van der Waals surface area contributed by atoms with E-state index in [0.717, 1.165) is 52.7 Å². The lowest BCUT2D eigenvalue weighted by molar-refractivity contribution is 0.220.